The maximum atomic E-state index is 9.31. The molecule has 5 heteroatoms. The zero-order chi connectivity index (χ0) is 9.49. The monoisotopic (exact) mass is 308 g/mol. The molecule has 0 unspecified atom stereocenters. The van der Waals surface area contributed by atoms with Gasteiger partial charge in [-0.2, -0.15) is 0 Å². The number of likely N-dealkylation sites (N-methyl/N-ethyl adjacent to an activating group) is 1. The predicted molar refractivity (Wildman–Crippen MR) is 65.1 cm³/mol. The Balaban J connectivity index is -0.000000142. The Hall–Kier alpha value is 0.670. The zero-order valence-electron chi connectivity index (χ0n) is 8.07. The van der Waals surface area contributed by atoms with Crippen LogP contribution in [0.5, 0.6) is 0 Å². The largest absolute Gasteiger partial charge is 0.391 e. The summed E-state index contributed by atoms with van der Waals surface area (Å²) in [6, 6.07) is 0. The van der Waals surface area contributed by atoms with E-state index in [1.807, 2.05) is 0 Å². The van der Waals surface area contributed by atoms with Crippen molar-refractivity contribution in [2.75, 3.05) is 34.3 Å². The number of halogens is 1. The summed E-state index contributed by atoms with van der Waals surface area (Å²) in [6.07, 6.45) is 0. The van der Waals surface area contributed by atoms with Crippen LogP contribution in [-0.4, -0.2) is 49.0 Å². The highest BCUT2D eigenvalue weighted by atomic mass is 127. The van der Waals surface area contributed by atoms with Crippen LogP contribution in [0.1, 0.15) is 6.92 Å². The van der Waals surface area contributed by atoms with Crippen molar-refractivity contribution in [3.05, 3.63) is 0 Å². The van der Waals surface area contributed by atoms with Crippen molar-refractivity contribution in [3.8, 4) is 0 Å². The minimum Gasteiger partial charge on any atom is -0.391 e. The van der Waals surface area contributed by atoms with Crippen LogP contribution >= 0.6 is 36.6 Å². The molecule has 0 heterocycles. The number of carbonyl (C=O) groups is 1. The highest BCUT2D eigenvalue weighted by Gasteiger charge is 2.02. The molecule has 0 aliphatic heterocycles. The van der Waals surface area contributed by atoms with Crippen LogP contribution in [-0.2, 0) is 4.79 Å². The van der Waals surface area contributed by atoms with Gasteiger partial charge in [0.1, 0.15) is 6.54 Å². The highest BCUT2D eigenvalue weighted by molar-refractivity contribution is 14.0. The standard InChI is InChI=1S/C5H14NO.C2H4OS.HI/c1-6(2,3)4-5-7;1-2(3)4;/h7H,4-5H2,1-3H3;1H3,(H,3,4);1H/q+1;;. The molecule has 1 N–H and O–H groups in total. The number of aliphatic hydroxyl groups is 1. The molecule has 0 aromatic heterocycles. The van der Waals surface area contributed by atoms with Crippen LogP contribution in [0.2, 0.25) is 0 Å². The first-order chi connectivity index (χ1) is 4.79. The Kier molecular flexibility index (Phi) is 15.0. The van der Waals surface area contributed by atoms with Crippen molar-refractivity contribution in [3.63, 3.8) is 0 Å². The van der Waals surface area contributed by atoms with Crippen LogP contribution in [0.25, 0.3) is 0 Å². The molecule has 0 aliphatic rings. The minimum absolute atomic E-state index is 0. The van der Waals surface area contributed by atoms with Crippen molar-refractivity contribution in [2.45, 2.75) is 6.92 Å². The summed E-state index contributed by atoms with van der Waals surface area (Å²) in [4.78, 5) is 9.31. The molecule has 3 nitrogen and oxygen atoms in total. The summed E-state index contributed by atoms with van der Waals surface area (Å²) in [5.74, 6) is 0. The summed E-state index contributed by atoms with van der Waals surface area (Å²) in [5.41, 5.74) is 0. The molecule has 0 saturated heterocycles. The van der Waals surface area contributed by atoms with E-state index in [1.165, 1.54) is 6.92 Å². The van der Waals surface area contributed by atoms with Gasteiger partial charge in [0, 0.05) is 6.92 Å². The maximum Gasteiger partial charge on any atom is 0.182 e. The molecule has 0 aromatic rings. The fourth-order valence-corrected chi connectivity index (χ4v) is 0.300. The molecule has 76 valence electrons. The van der Waals surface area contributed by atoms with Crippen LogP contribution in [0.3, 0.4) is 0 Å². The van der Waals surface area contributed by atoms with Gasteiger partial charge in [0.25, 0.3) is 0 Å². The molecule has 0 radical (unpaired) electrons. The molecule has 0 aromatic carbocycles. The summed E-state index contributed by atoms with van der Waals surface area (Å²) in [7, 11) is 6.16. The number of nitrogens with zero attached hydrogens (tertiary/aromatic N) is 1. The molecule has 0 bridgehead atoms. The summed E-state index contributed by atoms with van der Waals surface area (Å²) < 4.78 is 0.844. The molecule has 0 aliphatic carbocycles. The van der Waals surface area contributed by atoms with Crippen LogP contribution in [0, 0.1) is 0 Å². The van der Waals surface area contributed by atoms with Gasteiger partial charge in [0.15, 0.2) is 5.12 Å². The van der Waals surface area contributed by atoms with Gasteiger partial charge in [-0.1, -0.05) is 0 Å². The Labute approximate surface area is 97.2 Å². The zero-order valence-corrected chi connectivity index (χ0v) is 11.3. The van der Waals surface area contributed by atoms with Crippen LogP contribution < -0.4 is 0 Å². The normalized spacial score (nSPS) is 9.17. The Morgan fingerprint density at radius 3 is 1.67 bits per heavy atom. The summed E-state index contributed by atoms with van der Waals surface area (Å²) in [5, 5.41) is 8.25. The number of quaternary nitrogens is 1. The second kappa shape index (κ2) is 9.76. The molecular weight excluding hydrogens is 289 g/mol. The van der Waals surface area contributed by atoms with Crippen molar-refractivity contribution >= 4 is 41.7 Å². The number of rotatable bonds is 2. The van der Waals surface area contributed by atoms with Gasteiger partial charge >= 0.3 is 0 Å². The lowest BCUT2D eigenvalue weighted by Gasteiger charge is -2.21. The topological polar surface area (TPSA) is 37.3 Å². The average Bonchev–Trinajstić information content (AvgIpc) is 1.58. The quantitative estimate of drug-likeness (QED) is 0.449. The second-order valence-electron chi connectivity index (χ2n) is 3.26. The number of hydrogen-bond donors (Lipinski definition) is 2. The first-order valence-electron chi connectivity index (χ1n) is 3.40. The Morgan fingerprint density at radius 2 is 1.67 bits per heavy atom. The van der Waals surface area contributed by atoms with E-state index in [0.717, 1.165) is 11.0 Å². The van der Waals surface area contributed by atoms with E-state index in [9.17, 15) is 4.79 Å². The highest BCUT2D eigenvalue weighted by Crippen LogP contribution is 1.84. The van der Waals surface area contributed by atoms with Crippen LogP contribution in [0.15, 0.2) is 0 Å². The van der Waals surface area contributed by atoms with E-state index in [0.29, 0.717) is 0 Å². The van der Waals surface area contributed by atoms with Gasteiger partial charge < -0.3 is 9.59 Å². The number of aliphatic hydroxyl groups excluding tert-OH is 1. The predicted octanol–water partition coefficient (Wildman–Crippen LogP) is 0.766. The van der Waals surface area contributed by atoms with Crippen molar-refractivity contribution in [2.24, 2.45) is 0 Å². The number of thiol groups is 1. The van der Waals surface area contributed by atoms with Gasteiger partial charge in [0.2, 0.25) is 0 Å². The molecule has 0 rings (SSSR count). The van der Waals surface area contributed by atoms with E-state index in [4.69, 9.17) is 5.11 Å². The molecule has 0 amide bonds. The van der Waals surface area contributed by atoms with Crippen molar-refractivity contribution < 1.29 is 14.4 Å². The number of carbonyl (C=O) groups excluding carboxylic acids is 1. The third-order valence-corrected chi connectivity index (χ3v) is 0.771. The Bertz CT molecular complexity index is 110. The third kappa shape index (κ3) is 45.7. The van der Waals surface area contributed by atoms with Crippen molar-refractivity contribution in [1.29, 1.82) is 0 Å². The van der Waals surface area contributed by atoms with E-state index in [-0.39, 0.29) is 35.7 Å². The van der Waals surface area contributed by atoms with E-state index in [2.05, 4.69) is 33.8 Å². The van der Waals surface area contributed by atoms with Gasteiger partial charge in [-0.3, -0.25) is 4.79 Å². The number of hydrogen-bond acceptors (Lipinski definition) is 2. The lowest BCUT2D eigenvalue weighted by molar-refractivity contribution is -0.870. The molecule has 12 heavy (non-hydrogen) atoms. The van der Waals surface area contributed by atoms with Gasteiger partial charge in [-0.05, 0) is 0 Å². The first-order valence-corrected chi connectivity index (χ1v) is 3.85. The molecule has 0 atom stereocenters. The lowest BCUT2D eigenvalue weighted by atomic mass is 10.5. The first kappa shape index (κ1) is 18.5. The second-order valence-corrected chi connectivity index (χ2v) is 3.89. The molecule has 0 saturated carbocycles. The van der Waals surface area contributed by atoms with E-state index in [1.54, 1.807) is 0 Å². The smallest absolute Gasteiger partial charge is 0.182 e. The van der Waals surface area contributed by atoms with Crippen molar-refractivity contribution in [1.82, 2.24) is 0 Å². The fraction of sp³-hybridized carbons (Fsp3) is 0.857. The van der Waals surface area contributed by atoms with Gasteiger partial charge in [0.05, 0.1) is 27.7 Å². The molecular formula is C7H19INO2S+. The fourth-order valence-electron chi connectivity index (χ4n) is 0.300. The van der Waals surface area contributed by atoms with Crippen LogP contribution in [0.4, 0.5) is 0 Å². The Morgan fingerprint density at radius 1 is 1.42 bits per heavy atom. The summed E-state index contributed by atoms with van der Waals surface area (Å²) >= 11 is 3.33. The SMILES string of the molecule is CC(=O)S.C[N+](C)(C)CCO.I. The van der Waals surface area contributed by atoms with Gasteiger partial charge in [-0.25, -0.2) is 0 Å². The summed E-state index contributed by atoms with van der Waals surface area (Å²) in [6.45, 7) is 2.51. The van der Waals surface area contributed by atoms with Gasteiger partial charge in [-0.15, -0.1) is 36.6 Å². The third-order valence-electron chi connectivity index (χ3n) is 0.771. The average molecular weight is 308 g/mol. The van der Waals surface area contributed by atoms with E-state index >= 15 is 0 Å². The lowest BCUT2D eigenvalue weighted by Crippen LogP contribution is -2.36. The minimum atomic E-state index is -0.139. The van der Waals surface area contributed by atoms with E-state index < -0.39 is 0 Å². The maximum absolute atomic E-state index is 9.31. The molecule has 0 spiro atoms. The molecule has 0 fully saturated rings.